The second kappa shape index (κ2) is 6.36. The first-order valence-electron chi connectivity index (χ1n) is 6.50. The average Bonchev–Trinajstić information content (AvgIpc) is 2.28. The van der Waals surface area contributed by atoms with Gasteiger partial charge in [-0.2, -0.15) is 0 Å². The van der Waals surface area contributed by atoms with E-state index in [1.807, 2.05) is 18.7 Å². The van der Waals surface area contributed by atoms with Crippen molar-refractivity contribution in [3.63, 3.8) is 0 Å². The Hall–Kier alpha value is -0.610. The number of hydrogen-bond donors (Lipinski definition) is 1. The molecule has 0 amide bonds. The van der Waals surface area contributed by atoms with Crippen LogP contribution in [0.4, 0.5) is 0 Å². The Morgan fingerprint density at radius 3 is 2.41 bits per heavy atom. The van der Waals surface area contributed by atoms with Gasteiger partial charge in [-0.1, -0.05) is 19.3 Å². The minimum atomic E-state index is -0.615. The van der Waals surface area contributed by atoms with E-state index < -0.39 is 5.60 Å². The van der Waals surface area contributed by atoms with Gasteiger partial charge in [-0.25, -0.2) is 0 Å². The molecule has 1 N–H and O–H groups in total. The van der Waals surface area contributed by atoms with Crippen LogP contribution in [0.2, 0.25) is 0 Å². The topological polar surface area (TPSA) is 49.8 Å². The van der Waals surface area contributed by atoms with Gasteiger partial charge < -0.3 is 9.84 Å². The number of methoxy groups -OCH3 is 1. The van der Waals surface area contributed by atoms with E-state index in [1.165, 1.54) is 13.5 Å². The molecular weight excluding hydrogens is 218 g/mol. The maximum absolute atomic E-state index is 11.3. The zero-order chi connectivity index (χ0) is 12.9. The summed E-state index contributed by atoms with van der Waals surface area (Å²) in [4.78, 5) is 13.3. The van der Waals surface area contributed by atoms with Crippen molar-refractivity contribution in [1.29, 1.82) is 0 Å². The lowest BCUT2D eigenvalue weighted by molar-refractivity contribution is -0.143. The van der Waals surface area contributed by atoms with Gasteiger partial charge in [-0.15, -0.1) is 0 Å². The second-order valence-corrected chi connectivity index (χ2v) is 5.36. The molecule has 0 radical (unpaired) electrons. The van der Waals surface area contributed by atoms with Crippen LogP contribution in [0.5, 0.6) is 0 Å². The Kier molecular flexibility index (Phi) is 5.40. The van der Waals surface area contributed by atoms with E-state index in [0.29, 0.717) is 6.54 Å². The third-order valence-corrected chi connectivity index (χ3v) is 3.57. The molecule has 1 rings (SSSR count). The third kappa shape index (κ3) is 4.64. The smallest absolute Gasteiger partial charge is 0.319 e. The zero-order valence-corrected chi connectivity index (χ0v) is 11.2. The highest BCUT2D eigenvalue weighted by Crippen LogP contribution is 2.29. The van der Waals surface area contributed by atoms with Crippen molar-refractivity contribution >= 4 is 5.97 Å². The normalized spacial score (nSPS) is 19.6. The largest absolute Gasteiger partial charge is 0.468 e. The van der Waals surface area contributed by atoms with E-state index in [2.05, 4.69) is 0 Å². The molecule has 4 nitrogen and oxygen atoms in total. The summed E-state index contributed by atoms with van der Waals surface area (Å²) in [6, 6.07) is 0.236. The quantitative estimate of drug-likeness (QED) is 0.745. The number of carbonyl (C=O) groups excluding carboxylic acids is 1. The number of ether oxygens (including phenoxy) is 1. The van der Waals surface area contributed by atoms with Crippen molar-refractivity contribution < 1.29 is 14.6 Å². The molecule has 0 aromatic carbocycles. The lowest BCUT2D eigenvalue weighted by Crippen LogP contribution is -2.48. The van der Waals surface area contributed by atoms with Gasteiger partial charge in [-0.3, -0.25) is 9.69 Å². The molecule has 17 heavy (non-hydrogen) atoms. The number of nitrogens with zero attached hydrogens (tertiary/aromatic N) is 1. The van der Waals surface area contributed by atoms with Gasteiger partial charge in [0.25, 0.3) is 0 Å². The van der Waals surface area contributed by atoms with Gasteiger partial charge >= 0.3 is 5.97 Å². The summed E-state index contributed by atoms with van der Waals surface area (Å²) in [6.45, 7) is 4.90. The third-order valence-electron chi connectivity index (χ3n) is 3.57. The van der Waals surface area contributed by atoms with E-state index in [0.717, 1.165) is 25.7 Å². The number of aliphatic hydroxyl groups is 1. The lowest BCUT2D eigenvalue weighted by Gasteiger charge is -2.38. The van der Waals surface area contributed by atoms with Crippen molar-refractivity contribution in [3.8, 4) is 0 Å². The van der Waals surface area contributed by atoms with Crippen LogP contribution in [0.25, 0.3) is 0 Å². The molecule has 1 saturated carbocycles. The minimum absolute atomic E-state index is 0.236. The molecule has 0 atom stereocenters. The van der Waals surface area contributed by atoms with Crippen LogP contribution in [0.3, 0.4) is 0 Å². The zero-order valence-electron chi connectivity index (χ0n) is 11.2. The molecule has 4 heteroatoms. The first-order chi connectivity index (χ1) is 7.97. The molecule has 0 aromatic rings. The summed E-state index contributed by atoms with van der Waals surface area (Å²) in [7, 11) is 1.40. The molecule has 0 bridgehead atoms. The highest BCUT2D eigenvalue weighted by Gasteiger charge is 2.32. The van der Waals surface area contributed by atoms with Crippen LogP contribution in [-0.4, -0.2) is 47.8 Å². The van der Waals surface area contributed by atoms with Crippen LogP contribution in [-0.2, 0) is 9.53 Å². The van der Waals surface area contributed by atoms with Gasteiger partial charge in [0.05, 0.1) is 19.3 Å². The van der Waals surface area contributed by atoms with E-state index in [-0.39, 0.29) is 18.6 Å². The molecular formula is C13H25NO3. The predicted molar refractivity (Wildman–Crippen MR) is 66.8 cm³/mol. The maximum Gasteiger partial charge on any atom is 0.319 e. The van der Waals surface area contributed by atoms with E-state index in [4.69, 9.17) is 4.74 Å². The molecule has 0 saturated heterocycles. The Morgan fingerprint density at radius 2 is 1.94 bits per heavy atom. The van der Waals surface area contributed by atoms with Gasteiger partial charge in [0, 0.05) is 12.6 Å². The summed E-state index contributed by atoms with van der Waals surface area (Å²) in [5.74, 6) is -0.238. The maximum atomic E-state index is 11.3. The Labute approximate surface area is 104 Å². The average molecular weight is 243 g/mol. The van der Waals surface area contributed by atoms with Crippen LogP contribution in [0, 0.1) is 0 Å². The summed E-state index contributed by atoms with van der Waals surface area (Å²) >= 11 is 0. The summed E-state index contributed by atoms with van der Waals surface area (Å²) < 4.78 is 4.69. The fourth-order valence-electron chi connectivity index (χ4n) is 2.40. The number of carbonyl (C=O) groups is 1. The van der Waals surface area contributed by atoms with E-state index in [9.17, 15) is 9.90 Å². The van der Waals surface area contributed by atoms with Crippen molar-refractivity contribution in [2.75, 3.05) is 20.2 Å². The molecule has 1 fully saturated rings. The van der Waals surface area contributed by atoms with Crippen molar-refractivity contribution in [2.24, 2.45) is 0 Å². The van der Waals surface area contributed by atoms with Gasteiger partial charge in [-0.05, 0) is 26.7 Å². The summed E-state index contributed by atoms with van der Waals surface area (Å²) in [5, 5.41) is 10.5. The standard InChI is InChI=1S/C13H25NO3/c1-11(2)14(9-12(15)17-3)10-13(16)7-5-4-6-8-13/h11,16H,4-10H2,1-3H3. The number of hydrogen-bond acceptors (Lipinski definition) is 4. The predicted octanol–water partition coefficient (Wildman–Crippen LogP) is 1.56. The number of rotatable bonds is 5. The second-order valence-electron chi connectivity index (χ2n) is 5.36. The van der Waals surface area contributed by atoms with Crippen LogP contribution < -0.4 is 0 Å². The fourth-order valence-corrected chi connectivity index (χ4v) is 2.40. The van der Waals surface area contributed by atoms with Gasteiger partial charge in [0.1, 0.15) is 0 Å². The molecule has 0 spiro atoms. The Balaban J connectivity index is 2.55. The molecule has 0 aliphatic heterocycles. The highest BCUT2D eigenvalue weighted by molar-refractivity contribution is 5.71. The lowest BCUT2D eigenvalue weighted by atomic mass is 9.84. The molecule has 1 aliphatic carbocycles. The molecule has 0 heterocycles. The minimum Gasteiger partial charge on any atom is -0.468 e. The monoisotopic (exact) mass is 243 g/mol. The summed E-state index contributed by atoms with van der Waals surface area (Å²) in [6.07, 6.45) is 5.07. The van der Waals surface area contributed by atoms with Crippen LogP contribution >= 0.6 is 0 Å². The van der Waals surface area contributed by atoms with E-state index in [1.54, 1.807) is 0 Å². The van der Waals surface area contributed by atoms with Crippen LogP contribution in [0.1, 0.15) is 46.0 Å². The first-order valence-corrected chi connectivity index (χ1v) is 6.50. The van der Waals surface area contributed by atoms with Gasteiger partial charge in [0.2, 0.25) is 0 Å². The molecule has 100 valence electrons. The highest BCUT2D eigenvalue weighted by atomic mass is 16.5. The van der Waals surface area contributed by atoms with Crippen molar-refractivity contribution in [3.05, 3.63) is 0 Å². The summed E-state index contributed by atoms with van der Waals surface area (Å²) in [5.41, 5.74) is -0.615. The molecule has 1 aliphatic rings. The van der Waals surface area contributed by atoms with Crippen molar-refractivity contribution in [2.45, 2.75) is 57.6 Å². The Morgan fingerprint density at radius 1 is 1.35 bits per heavy atom. The fraction of sp³-hybridized carbons (Fsp3) is 0.923. The molecule has 0 unspecified atom stereocenters. The Bertz CT molecular complexity index is 247. The molecule has 0 aromatic heterocycles. The SMILES string of the molecule is COC(=O)CN(CC1(O)CCCCC1)C(C)C. The van der Waals surface area contributed by atoms with E-state index >= 15 is 0 Å². The number of esters is 1. The van der Waals surface area contributed by atoms with Crippen LogP contribution in [0.15, 0.2) is 0 Å². The van der Waals surface area contributed by atoms with Crippen molar-refractivity contribution in [1.82, 2.24) is 4.90 Å². The van der Waals surface area contributed by atoms with Gasteiger partial charge in [0.15, 0.2) is 0 Å². The first kappa shape index (κ1) is 14.5.